The van der Waals surface area contributed by atoms with Gasteiger partial charge in [-0.1, -0.05) is 30.8 Å². The number of rotatable bonds is 5. The van der Waals surface area contributed by atoms with Gasteiger partial charge in [0.2, 0.25) is 0 Å². The smallest absolute Gasteiger partial charge is 0.428 e. The number of hydrogen-bond donors (Lipinski definition) is 1. The third-order valence-electron chi connectivity index (χ3n) is 3.08. The zero-order chi connectivity index (χ0) is 16.3. The van der Waals surface area contributed by atoms with Crippen LogP contribution in [0.25, 0.3) is 5.57 Å². The van der Waals surface area contributed by atoms with E-state index in [1.54, 1.807) is 31.2 Å². The molecule has 0 saturated heterocycles. The van der Waals surface area contributed by atoms with Crippen molar-refractivity contribution in [2.24, 2.45) is 0 Å². The molecule has 0 aliphatic rings. The zero-order valence-electron chi connectivity index (χ0n) is 11.8. The van der Waals surface area contributed by atoms with Crippen LogP contribution in [0.2, 0.25) is 0 Å². The number of aryl methyl sites for hydroxylation is 1. The van der Waals surface area contributed by atoms with E-state index in [0.717, 1.165) is 0 Å². The molecule has 0 aliphatic heterocycles. The molecule has 0 fully saturated rings. The Morgan fingerprint density at radius 2 is 1.90 bits per heavy atom. The Bertz CT molecular complexity index is 537. The largest absolute Gasteiger partial charge is 0.464 e. The Morgan fingerprint density at radius 3 is 2.38 bits per heavy atom. The lowest BCUT2D eigenvalue weighted by atomic mass is 9.89. The minimum atomic E-state index is -5.15. The molecule has 0 radical (unpaired) electrons. The van der Waals surface area contributed by atoms with Crippen molar-refractivity contribution >= 4 is 11.5 Å². The molecule has 0 amide bonds. The highest BCUT2D eigenvalue weighted by Crippen LogP contribution is 2.38. The summed E-state index contributed by atoms with van der Waals surface area (Å²) in [5, 5.41) is 9.81. The van der Waals surface area contributed by atoms with Gasteiger partial charge in [0, 0.05) is 6.42 Å². The number of ether oxygens (including phenoxy) is 1. The van der Waals surface area contributed by atoms with Gasteiger partial charge in [-0.2, -0.15) is 13.2 Å². The summed E-state index contributed by atoms with van der Waals surface area (Å²) in [6.45, 7) is 6.37. The number of hydrogen-bond acceptors (Lipinski definition) is 3. The number of carbonyl (C=O) groups is 1. The van der Waals surface area contributed by atoms with E-state index in [2.05, 4.69) is 11.3 Å². The molecule has 0 aromatic heterocycles. The van der Waals surface area contributed by atoms with Crippen molar-refractivity contribution in [3.8, 4) is 0 Å². The second-order valence-corrected chi connectivity index (χ2v) is 4.67. The lowest BCUT2D eigenvalue weighted by Crippen LogP contribution is -2.53. The highest BCUT2D eigenvalue weighted by atomic mass is 19.4. The van der Waals surface area contributed by atoms with E-state index in [0.29, 0.717) is 11.1 Å². The molecular formula is C15H17F3O3. The fourth-order valence-corrected chi connectivity index (χ4v) is 1.91. The predicted octanol–water partition coefficient (Wildman–Crippen LogP) is 3.25. The summed E-state index contributed by atoms with van der Waals surface area (Å²) in [6, 6.07) is 6.66. The molecule has 1 aromatic carbocycles. The Balaban J connectivity index is 3.11. The van der Waals surface area contributed by atoms with Crippen molar-refractivity contribution in [1.82, 2.24) is 0 Å². The van der Waals surface area contributed by atoms with Gasteiger partial charge in [0.25, 0.3) is 5.60 Å². The van der Waals surface area contributed by atoms with Crippen LogP contribution in [0.15, 0.2) is 30.8 Å². The molecule has 0 heterocycles. The van der Waals surface area contributed by atoms with E-state index in [1.165, 1.54) is 6.92 Å². The molecule has 116 valence electrons. The van der Waals surface area contributed by atoms with Crippen LogP contribution in [0, 0.1) is 6.92 Å². The number of aliphatic hydroxyl groups is 1. The highest BCUT2D eigenvalue weighted by Gasteiger charge is 2.60. The Labute approximate surface area is 121 Å². The third-order valence-corrected chi connectivity index (χ3v) is 3.08. The maximum absolute atomic E-state index is 13.1. The maximum atomic E-state index is 13.1. The van der Waals surface area contributed by atoms with Crippen LogP contribution in [0.1, 0.15) is 24.5 Å². The number of carbonyl (C=O) groups excluding carboxylic acids is 1. The average Bonchev–Trinajstić information content (AvgIpc) is 2.37. The summed E-state index contributed by atoms with van der Waals surface area (Å²) < 4.78 is 43.5. The van der Waals surface area contributed by atoms with Gasteiger partial charge in [-0.05, 0) is 30.5 Å². The number of alkyl halides is 3. The second kappa shape index (κ2) is 6.30. The standard InChI is InChI=1S/C15H17F3O3/c1-4-21-13(19)14(20,15(16,17)18)9-11(3)12-8-6-5-7-10(12)2/h5-8,20H,3-4,9H2,1-2H3/t14-/m0/s1. The monoisotopic (exact) mass is 302 g/mol. The molecule has 6 heteroatoms. The van der Waals surface area contributed by atoms with E-state index in [1.807, 2.05) is 0 Å². The highest BCUT2D eigenvalue weighted by molar-refractivity contribution is 5.84. The average molecular weight is 302 g/mol. The topological polar surface area (TPSA) is 46.5 Å². The summed E-state index contributed by atoms with van der Waals surface area (Å²) in [5.74, 6) is -1.72. The van der Waals surface area contributed by atoms with E-state index in [4.69, 9.17) is 0 Å². The van der Waals surface area contributed by atoms with Crippen LogP contribution in [0.5, 0.6) is 0 Å². The van der Waals surface area contributed by atoms with Crippen LogP contribution < -0.4 is 0 Å². The first-order valence-corrected chi connectivity index (χ1v) is 6.33. The van der Waals surface area contributed by atoms with E-state index >= 15 is 0 Å². The van der Waals surface area contributed by atoms with Gasteiger partial charge in [0.15, 0.2) is 0 Å². The molecule has 0 aliphatic carbocycles. The lowest BCUT2D eigenvalue weighted by molar-refractivity contribution is -0.260. The summed E-state index contributed by atoms with van der Waals surface area (Å²) in [6.07, 6.45) is -6.12. The van der Waals surface area contributed by atoms with E-state index in [-0.39, 0.29) is 12.2 Å². The first-order valence-electron chi connectivity index (χ1n) is 6.33. The minimum Gasteiger partial charge on any atom is -0.464 e. The van der Waals surface area contributed by atoms with Crippen molar-refractivity contribution in [3.05, 3.63) is 42.0 Å². The third kappa shape index (κ3) is 3.64. The second-order valence-electron chi connectivity index (χ2n) is 4.67. The summed E-state index contributed by atoms with van der Waals surface area (Å²) in [5.41, 5.74) is -2.41. The van der Waals surface area contributed by atoms with Crippen molar-refractivity contribution in [3.63, 3.8) is 0 Å². The van der Waals surface area contributed by atoms with Crippen molar-refractivity contribution in [2.75, 3.05) is 6.61 Å². The van der Waals surface area contributed by atoms with Crippen molar-refractivity contribution in [1.29, 1.82) is 0 Å². The normalized spacial score (nSPS) is 14.4. The van der Waals surface area contributed by atoms with Crippen LogP contribution in [0.4, 0.5) is 13.2 Å². The first-order chi connectivity index (χ1) is 9.63. The first kappa shape index (κ1) is 17.2. The van der Waals surface area contributed by atoms with E-state index < -0.39 is 24.2 Å². The zero-order valence-corrected chi connectivity index (χ0v) is 11.8. The van der Waals surface area contributed by atoms with Crippen molar-refractivity contribution < 1.29 is 27.8 Å². The van der Waals surface area contributed by atoms with Gasteiger partial charge >= 0.3 is 12.1 Å². The molecular weight excluding hydrogens is 285 g/mol. The maximum Gasteiger partial charge on any atom is 0.428 e. The van der Waals surface area contributed by atoms with Crippen LogP contribution in [-0.4, -0.2) is 29.5 Å². The molecule has 1 aromatic rings. The summed E-state index contributed by atoms with van der Waals surface area (Å²) in [4.78, 5) is 11.5. The Hall–Kier alpha value is -1.82. The van der Waals surface area contributed by atoms with Gasteiger partial charge in [-0.25, -0.2) is 4.79 Å². The van der Waals surface area contributed by atoms with Gasteiger partial charge in [-0.3, -0.25) is 0 Å². The number of halogens is 3. The molecule has 0 saturated carbocycles. The molecule has 1 rings (SSSR count). The molecule has 1 atom stereocenters. The van der Waals surface area contributed by atoms with Gasteiger partial charge < -0.3 is 9.84 Å². The fourth-order valence-electron chi connectivity index (χ4n) is 1.91. The fraction of sp³-hybridized carbons (Fsp3) is 0.400. The Kier molecular flexibility index (Phi) is 5.17. The molecule has 0 spiro atoms. The minimum absolute atomic E-state index is 0.0148. The Morgan fingerprint density at radius 1 is 1.33 bits per heavy atom. The van der Waals surface area contributed by atoms with Gasteiger partial charge in [0.1, 0.15) is 0 Å². The molecule has 0 unspecified atom stereocenters. The van der Waals surface area contributed by atoms with Crippen molar-refractivity contribution in [2.45, 2.75) is 32.0 Å². The van der Waals surface area contributed by atoms with Gasteiger partial charge in [0.05, 0.1) is 6.61 Å². The summed E-state index contributed by atoms with van der Waals surface area (Å²) in [7, 11) is 0. The molecule has 21 heavy (non-hydrogen) atoms. The number of esters is 1. The van der Waals surface area contributed by atoms with Crippen LogP contribution in [0.3, 0.4) is 0 Å². The lowest BCUT2D eigenvalue weighted by Gasteiger charge is -2.29. The van der Waals surface area contributed by atoms with Gasteiger partial charge in [-0.15, -0.1) is 0 Å². The summed E-state index contributed by atoms with van der Waals surface area (Å²) >= 11 is 0. The molecule has 3 nitrogen and oxygen atoms in total. The predicted molar refractivity (Wildman–Crippen MR) is 72.5 cm³/mol. The quantitative estimate of drug-likeness (QED) is 0.849. The molecule has 0 bridgehead atoms. The molecule has 1 N–H and O–H groups in total. The number of benzene rings is 1. The van der Waals surface area contributed by atoms with E-state index in [9.17, 15) is 23.1 Å². The SMILES string of the molecule is C=C(C[C@](O)(C(=O)OCC)C(F)(F)F)c1ccccc1C. The van der Waals surface area contributed by atoms with Crippen LogP contribution >= 0.6 is 0 Å². The van der Waals surface area contributed by atoms with Crippen LogP contribution in [-0.2, 0) is 9.53 Å².